The second-order valence-electron chi connectivity index (χ2n) is 2.42. The van der Waals surface area contributed by atoms with Crippen LogP contribution in [0, 0.1) is 11.5 Å². The van der Waals surface area contributed by atoms with E-state index in [1.165, 1.54) is 7.11 Å². The van der Waals surface area contributed by atoms with Crippen LogP contribution in [0.3, 0.4) is 0 Å². The highest BCUT2D eigenvalue weighted by Gasteiger charge is 2.09. The van der Waals surface area contributed by atoms with E-state index in [4.69, 9.17) is 27.3 Å². The lowest BCUT2D eigenvalue weighted by atomic mass is 10.2. The van der Waals surface area contributed by atoms with Gasteiger partial charge in [0.05, 0.1) is 17.7 Å². The fourth-order valence-corrected chi connectivity index (χ4v) is 1.28. The third-order valence-electron chi connectivity index (χ3n) is 1.62. The molecule has 0 radical (unpaired) electrons. The first-order chi connectivity index (χ1) is 6.70. The van der Waals surface area contributed by atoms with E-state index in [0.29, 0.717) is 16.3 Å². The number of rotatable bonds is 2. The maximum absolute atomic E-state index is 8.34. The highest BCUT2D eigenvalue weighted by atomic mass is 35.5. The van der Waals surface area contributed by atoms with Crippen LogP contribution in [0.5, 0.6) is 5.75 Å². The van der Waals surface area contributed by atoms with E-state index >= 15 is 0 Å². The Hall–Kier alpha value is -1.73. The Kier molecular flexibility index (Phi) is 3.32. The highest BCUT2D eigenvalue weighted by Crippen LogP contribution is 2.27. The van der Waals surface area contributed by atoms with Gasteiger partial charge in [0.15, 0.2) is 0 Å². The van der Waals surface area contributed by atoms with Gasteiger partial charge in [-0.25, -0.2) is 0 Å². The van der Waals surface area contributed by atoms with Gasteiger partial charge in [0.1, 0.15) is 11.6 Å². The zero-order valence-corrected chi connectivity index (χ0v) is 8.25. The van der Waals surface area contributed by atoms with E-state index in [-0.39, 0.29) is 5.84 Å². The first kappa shape index (κ1) is 10.4. The molecule has 1 rings (SSSR count). The molecule has 0 bridgehead atoms. The van der Waals surface area contributed by atoms with Crippen LogP contribution in [0.4, 0.5) is 0 Å². The number of aliphatic imine (C=N–C) groups is 1. The first-order valence-electron chi connectivity index (χ1n) is 3.75. The van der Waals surface area contributed by atoms with Crippen LogP contribution in [0.15, 0.2) is 23.2 Å². The Bertz CT molecular complexity index is 409. The Balaban J connectivity index is 3.29. The second kappa shape index (κ2) is 4.49. The van der Waals surface area contributed by atoms with Crippen LogP contribution in [-0.2, 0) is 0 Å². The van der Waals surface area contributed by atoms with Gasteiger partial charge >= 0.3 is 0 Å². The maximum Gasteiger partial charge on any atom is 0.207 e. The minimum Gasteiger partial charge on any atom is -0.494 e. The number of ether oxygens (including phenoxy) is 1. The van der Waals surface area contributed by atoms with E-state index in [1.807, 2.05) is 0 Å². The summed E-state index contributed by atoms with van der Waals surface area (Å²) in [7, 11) is 1.48. The summed E-state index contributed by atoms with van der Waals surface area (Å²) in [6, 6.07) is 5.06. The Morgan fingerprint density at radius 3 is 2.93 bits per heavy atom. The number of benzene rings is 1. The molecule has 0 spiro atoms. The fraction of sp³-hybridized carbons (Fsp3) is 0.111. The molecule has 4 nitrogen and oxygen atoms in total. The SMILES string of the molecule is COc1c(Cl)cccc1C(N)=NC#N. The number of nitriles is 1. The normalized spacial score (nSPS) is 10.8. The average molecular weight is 210 g/mol. The zero-order valence-electron chi connectivity index (χ0n) is 7.49. The van der Waals surface area contributed by atoms with E-state index < -0.39 is 0 Å². The van der Waals surface area contributed by atoms with Crippen molar-refractivity contribution in [3.8, 4) is 11.9 Å². The molecule has 0 atom stereocenters. The summed E-state index contributed by atoms with van der Waals surface area (Å²) in [5, 5.41) is 8.77. The molecule has 5 heteroatoms. The second-order valence-corrected chi connectivity index (χ2v) is 2.82. The summed E-state index contributed by atoms with van der Waals surface area (Å²) >= 11 is 5.86. The van der Waals surface area contributed by atoms with E-state index in [0.717, 1.165) is 0 Å². The van der Waals surface area contributed by atoms with Crippen LogP contribution in [0.2, 0.25) is 5.02 Å². The van der Waals surface area contributed by atoms with Crippen molar-refractivity contribution < 1.29 is 4.74 Å². The smallest absolute Gasteiger partial charge is 0.207 e. The van der Waals surface area contributed by atoms with Crippen molar-refractivity contribution in [1.29, 1.82) is 5.26 Å². The predicted molar refractivity (Wildman–Crippen MR) is 54.3 cm³/mol. The Morgan fingerprint density at radius 1 is 1.64 bits per heavy atom. The third kappa shape index (κ3) is 1.95. The van der Waals surface area contributed by atoms with Crippen molar-refractivity contribution in [2.75, 3.05) is 7.11 Å². The van der Waals surface area contributed by atoms with Gasteiger partial charge in [-0.3, -0.25) is 0 Å². The molecule has 1 aromatic rings. The van der Waals surface area contributed by atoms with Gasteiger partial charge in [-0.05, 0) is 12.1 Å². The van der Waals surface area contributed by atoms with Crippen LogP contribution in [0.25, 0.3) is 0 Å². The van der Waals surface area contributed by atoms with Gasteiger partial charge in [0.2, 0.25) is 6.19 Å². The number of halogens is 1. The van der Waals surface area contributed by atoms with Crippen molar-refractivity contribution in [3.05, 3.63) is 28.8 Å². The third-order valence-corrected chi connectivity index (χ3v) is 1.92. The zero-order chi connectivity index (χ0) is 10.6. The standard InChI is InChI=1S/C9H8ClN3O/c1-14-8-6(9(12)13-5-11)3-2-4-7(8)10/h2-4H,1H3,(H2,12,13). The lowest BCUT2D eigenvalue weighted by Crippen LogP contribution is -2.14. The molecule has 0 heterocycles. The predicted octanol–water partition coefficient (Wildman–Crippen LogP) is 1.53. The molecule has 0 fully saturated rings. The highest BCUT2D eigenvalue weighted by molar-refractivity contribution is 6.32. The Labute approximate surface area is 86.6 Å². The van der Waals surface area contributed by atoms with Crippen molar-refractivity contribution >= 4 is 17.4 Å². The molecule has 0 aliphatic rings. The van der Waals surface area contributed by atoms with Gasteiger partial charge < -0.3 is 10.5 Å². The topological polar surface area (TPSA) is 71.4 Å². The summed E-state index contributed by atoms with van der Waals surface area (Å²) in [5.41, 5.74) is 6.05. The number of nitrogens with two attached hydrogens (primary N) is 1. The fourth-order valence-electron chi connectivity index (χ4n) is 1.03. The molecule has 2 N–H and O–H groups in total. The quantitative estimate of drug-likeness (QED) is 0.456. The molecule has 72 valence electrons. The first-order valence-corrected chi connectivity index (χ1v) is 4.13. The lowest BCUT2D eigenvalue weighted by Gasteiger charge is -2.07. The molecular formula is C9H8ClN3O. The van der Waals surface area contributed by atoms with Gasteiger partial charge in [0, 0.05) is 0 Å². The molecule has 0 saturated heterocycles. The molecule has 0 aliphatic carbocycles. The van der Waals surface area contributed by atoms with Gasteiger partial charge in [-0.15, -0.1) is 0 Å². The molecule has 0 amide bonds. The number of amidine groups is 1. The number of hydrogen-bond donors (Lipinski definition) is 1. The number of hydrogen-bond acceptors (Lipinski definition) is 3. The number of nitrogens with zero attached hydrogens (tertiary/aromatic N) is 2. The molecule has 1 aromatic carbocycles. The summed E-state index contributed by atoms with van der Waals surface area (Å²) in [6.45, 7) is 0. The van der Waals surface area contributed by atoms with Crippen molar-refractivity contribution in [3.63, 3.8) is 0 Å². The van der Waals surface area contributed by atoms with Crippen LogP contribution < -0.4 is 10.5 Å². The Morgan fingerprint density at radius 2 is 2.36 bits per heavy atom. The summed E-state index contributed by atoms with van der Waals surface area (Å²) in [6.07, 6.45) is 1.60. The van der Waals surface area contributed by atoms with Gasteiger partial charge in [0.25, 0.3) is 0 Å². The van der Waals surface area contributed by atoms with Crippen molar-refractivity contribution in [1.82, 2.24) is 0 Å². The minimum absolute atomic E-state index is 0.0897. The average Bonchev–Trinajstić information content (AvgIpc) is 2.17. The maximum atomic E-state index is 8.34. The summed E-state index contributed by atoms with van der Waals surface area (Å²) in [5.74, 6) is 0.512. The molecular weight excluding hydrogens is 202 g/mol. The largest absolute Gasteiger partial charge is 0.494 e. The van der Waals surface area contributed by atoms with Crippen molar-refractivity contribution in [2.45, 2.75) is 0 Å². The molecule has 14 heavy (non-hydrogen) atoms. The lowest BCUT2D eigenvalue weighted by molar-refractivity contribution is 0.414. The monoisotopic (exact) mass is 209 g/mol. The molecule has 0 aliphatic heterocycles. The van der Waals surface area contributed by atoms with Crippen LogP contribution >= 0.6 is 11.6 Å². The number of methoxy groups -OCH3 is 1. The van der Waals surface area contributed by atoms with E-state index in [9.17, 15) is 0 Å². The van der Waals surface area contributed by atoms with E-state index in [2.05, 4.69) is 4.99 Å². The van der Waals surface area contributed by atoms with Gasteiger partial charge in [-0.1, -0.05) is 17.7 Å². The van der Waals surface area contributed by atoms with Crippen molar-refractivity contribution in [2.24, 2.45) is 10.7 Å². The molecule has 0 aromatic heterocycles. The molecule has 0 unspecified atom stereocenters. The minimum atomic E-state index is 0.0897. The van der Waals surface area contributed by atoms with Crippen LogP contribution in [0.1, 0.15) is 5.56 Å². The summed E-state index contributed by atoms with van der Waals surface area (Å²) < 4.78 is 5.04. The summed E-state index contributed by atoms with van der Waals surface area (Å²) in [4.78, 5) is 3.41. The van der Waals surface area contributed by atoms with Gasteiger partial charge in [-0.2, -0.15) is 10.3 Å². The van der Waals surface area contributed by atoms with E-state index in [1.54, 1.807) is 24.4 Å². The number of para-hydroxylation sites is 1. The molecule has 0 saturated carbocycles. The van der Waals surface area contributed by atoms with Crippen LogP contribution in [-0.4, -0.2) is 12.9 Å².